The minimum atomic E-state index is -0.435. The molecular weight excluding hydrogens is 368 g/mol. The number of carbonyl (C=O) groups excluding carboxylic acids is 2. The second-order valence-corrected chi connectivity index (χ2v) is 7.22. The summed E-state index contributed by atoms with van der Waals surface area (Å²) in [6, 6.07) is 8.51. The number of amides is 1. The summed E-state index contributed by atoms with van der Waals surface area (Å²) in [5.41, 5.74) is 0.974. The predicted octanol–water partition coefficient (Wildman–Crippen LogP) is 3.35. The van der Waals surface area contributed by atoms with Gasteiger partial charge in [-0.15, -0.1) is 0 Å². The van der Waals surface area contributed by atoms with Gasteiger partial charge in [0.25, 0.3) is 0 Å². The van der Waals surface area contributed by atoms with Crippen LogP contribution >= 0.6 is 11.8 Å². The minimum Gasteiger partial charge on any atom is -0.462 e. The molecule has 2 heterocycles. The topological polar surface area (TPSA) is 86.8 Å². The summed E-state index contributed by atoms with van der Waals surface area (Å²) in [7, 11) is 0. The quantitative estimate of drug-likeness (QED) is 0.575. The molecule has 7 nitrogen and oxygen atoms in total. The third-order valence-electron chi connectivity index (χ3n) is 3.54. The normalized spacial score (nSPS) is 12.1. The zero-order valence-electron chi connectivity index (χ0n) is 15.1. The summed E-state index contributed by atoms with van der Waals surface area (Å²) in [5, 5.41) is 3.26. The highest BCUT2D eigenvalue weighted by Crippen LogP contribution is 2.34. The summed E-state index contributed by atoms with van der Waals surface area (Å²) in [6.45, 7) is 4.44. The van der Waals surface area contributed by atoms with Crippen LogP contribution in [0.2, 0.25) is 0 Å². The van der Waals surface area contributed by atoms with Gasteiger partial charge in [0, 0.05) is 18.0 Å². The van der Waals surface area contributed by atoms with Gasteiger partial charge in [-0.25, -0.2) is 9.78 Å². The third kappa shape index (κ3) is 5.13. The fourth-order valence-corrected chi connectivity index (χ4v) is 3.07. The molecule has 0 unspecified atom stereocenters. The number of hydrogen-bond donors (Lipinski definition) is 1. The van der Waals surface area contributed by atoms with Crippen LogP contribution in [0.5, 0.6) is 11.5 Å². The molecule has 0 fully saturated rings. The molecule has 1 aliphatic rings. The number of nitrogens with zero attached hydrogens (tertiary/aromatic N) is 1. The van der Waals surface area contributed by atoms with Gasteiger partial charge < -0.3 is 19.5 Å². The first-order chi connectivity index (χ1) is 13.0. The van der Waals surface area contributed by atoms with Gasteiger partial charge in [0.05, 0.1) is 17.9 Å². The molecule has 0 radical (unpaired) electrons. The van der Waals surface area contributed by atoms with Crippen LogP contribution in [-0.4, -0.2) is 36.0 Å². The molecule has 0 spiro atoms. The van der Waals surface area contributed by atoms with Crippen LogP contribution in [0.1, 0.15) is 24.2 Å². The van der Waals surface area contributed by atoms with Crippen LogP contribution in [0.25, 0.3) is 0 Å². The largest absolute Gasteiger partial charge is 0.462 e. The first-order valence-electron chi connectivity index (χ1n) is 8.47. The Kier molecular flexibility index (Phi) is 6.18. The maximum Gasteiger partial charge on any atom is 0.340 e. The van der Waals surface area contributed by atoms with Gasteiger partial charge in [0.1, 0.15) is 5.03 Å². The van der Waals surface area contributed by atoms with Crippen molar-refractivity contribution in [2.24, 2.45) is 5.92 Å². The molecule has 1 N–H and O–H groups in total. The number of aromatic nitrogens is 1. The molecule has 2 aromatic rings. The average Bonchev–Trinajstić information content (AvgIpc) is 3.12. The van der Waals surface area contributed by atoms with Crippen LogP contribution < -0.4 is 14.8 Å². The molecular formula is C19H20N2O5S. The number of fused-ring (bicyclic) bond motifs is 1. The number of nitrogens with one attached hydrogen (secondary N) is 1. The first-order valence-corrected chi connectivity index (χ1v) is 9.46. The molecule has 0 saturated carbocycles. The number of rotatable bonds is 7. The molecule has 8 heteroatoms. The van der Waals surface area contributed by atoms with E-state index in [1.54, 1.807) is 36.5 Å². The van der Waals surface area contributed by atoms with Crippen molar-refractivity contribution >= 4 is 29.3 Å². The number of ether oxygens (including phenoxy) is 3. The molecule has 3 rings (SSSR count). The molecule has 0 aliphatic carbocycles. The molecule has 27 heavy (non-hydrogen) atoms. The maximum atomic E-state index is 12.2. The Hall–Kier alpha value is -2.74. The second-order valence-electron chi connectivity index (χ2n) is 6.25. The molecule has 1 aromatic carbocycles. The first kappa shape index (κ1) is 19.0. The molecule has 1 aromatic heterocycles. The van der Waals surface area contributed by atoms with Crippen LogP contribution in [0.15, 0.2) is 41.6 Å². The van der Waals surface area contributed by atoms with Gasteiger partial charge in [-0.2, -0.15) is 0 Å². The van der Waals surface area contributed by atoms with E-state index in [0.29, 0.717) is 34.4 Å². The van der Waals surface area contributed by atoms with E-state index in [-0.39, 0.29) is 24.4 Å². The lowest BCUT2D eigenvalue weighted by molar-refractivity contribution is -0.113. The van der Waals surface area contributed by atoms with Gasteiger partial charge >= 0.3 is 5.97 Å². The number of pyridine rings is 1. The zero-order valence-corrected chi connectivity index (χ0v) is 15.9. The van der Waals surface area contributed by atoms with Gasteiger partial charge in [0.2, 0.25) is 12.7 Å². The van der Waals surface area contributed by atoms with Crippen LogP contribution in [-0.2, 0) is 9.53 Å². The lowest BCUT2D eigenvalue weighted by atomic mass is 10.2. The van der Waals surface area contributed by atoms with Crippen molar-refractivity contribution in [2.45, 2.75) is 18.9 Å². The van der Waals surface area contributed by atoms with E-state index in [0.717, 1.165) is 0 Å². The maximum absolute atomic E-state index is 12.2. The van der Waals surface area contributed by atoms with Crippen molar-refractivity contribution in [3.05, 3.63) is 42.1 Å². The fraction of sp³-hybridized carbons (Fsp3) is 0.316. The van der Waals surface area contributed by atoms with Crippen LogP contribution in [0, 0.1) is 5.92 Å². The number of thioether (sulfide) groups is 1. The monoisotopic (exact) mass is 388 g/mol. The van der Waals surface area contributed by atoms with E-state index in [4.69, 9.17) is 14.2 Å². The minimum absolute atomic E-state index is 0.107. The highest BCUT2D eigenvalue weighted by atomic mass is 32.2. The highest BCUT2D eigenvalue weighted by molar-refractivity contribution is 8.00. The second kappa shape index (κ2) is 8.77. The van der Waals surface area contributed by atoms with Crippen molar-refractivity contribution in [3.8, 4) is 11.5 Å². The lowest BCUT2D eigenvalue weighted by Gasteiger charge is -2.10. The van der Waals surface area contributed by atoms with Crippen molar-refractivity contribution in [1.29, 1.82) is 0 Å². The van der Waals surface area contributed by atoms with Gasteiger partial charge in [-0.1, -0.05) is 25.6 Å². The number of benzene rings is 1. The fourth-order valence-electron chi connectivity index (χ4n) is 2.29. The molecule has 1 aliphatic heterocycles. The van der Waals surface area contributed by atoms with E-state index in [9.17, 15) is 9.59 Å². The number of anilines is 1. The zero-order chi connectivity index (χ0) is 19.2. The molecule has 142 valence electrons. The molecule has 0 atom stereocenters. The summed E-state index contributed by atoms with van der Waals surface area (Å²) >= 11 is 1.18. The third-order valence-corrected chi connectivity index (χ3v) is 4.54. The van der Waals surface area contributed by atoms with E-state index >= 15 is 0 Å². The molecule has 0 saturated heterocycles. The summed E-state index contributed by atoms with van der Waals surface area (Å²) in [4.78, 5) is 28.6. The number of esters is 1. The van der Waals surface area contributed by atoms with Gasteiger partial charge in [-0.05, 0) is 30.2 Å². The summed E-state index contributed by atoms with van der Waals surface area (Å²) in [5.74, 6) is 0.951. The number of carbonyl (C=O) groups is 2. The molecule has 1 amide bonds. The Bertz CT molecular complexity index is 841. The molecule has 0 bridgehead atoms. The number of hydrogen-bond acceptors (Lipinski definition) is 7. The van der Waals surface area contributed by atoms with E-state index in [1.165, 1.54) is 11.8 Å². The Labute approximate surface area is 161 Å². The van der Waals surface area contributed by atoms with Crippen LogP contribution in [0.4, 0.5) is 5.69 Å². The standard InChI is InChI=1S/C19H20N2O5S/c1-12(2)9-24-19(23)14-4-3-7-20-18(14)27-10-17(22)21-13-5-6-15-16(8-13)26-11-25-15/h3-8,12H,9-11H2,1-2H3,(H,21,22). The van der Waals surface area contributed by atoms with E-state index < -0.39 is 5.97 Å². The van der Waals surface area contributed by atoms with Crippen molar-refractivity contribution in [1.82, 2.24) is 4.98 Å². The summed E-state index contributed by atoms with van der Waals surface area (Å²) < 4.78 is 15.8. The van der Waals surface area contributed by atoms with Crippen molar-refractivity contribution in [3.63, 3.8) is 0 Å². The van der Waals surface area contributed by atoms with E-state index in [2.05, 4.69) is 10.3 Å². The van der Waals surface area contributed by atoms with Crippen molar-refractivity contribution < 1.29 is 23.8 Å². The van der Waals surface area contributed by atoms with Gasteiger partial charge in [0.15, 0.2) is 11.5 Å². The lowest BCUT2D eigenvalue weighted by Crippen LogP contribution is -2.15. The van der Waals surface area contributed by atoms with Crippen molar-refractivity contribution in [2.75, 3.05) is 24.5 Å². The highest BCUT2D eigenvalue weighted by Gasteiger charge is 2.17. The van der Waals surface area contributed by atoms with E-state index in [1.807, 2.05) is 13.8 Å². The Morgan fingerprint density at radius 2 is 2.07 bits per heavy atom. The Balaban J connectivity index is 1.58. The Morgan fingerprint density at radius 3 is 2.89 bits per heavy atom. The SMILES string of the molecule is CC(C)COC(=O)c1cccnc1SCC(=O)Nc1ccc2c(c1)OCO2. The smallest absolute Gasteiger partial charge is 0.340 e. The average molecular weight is 388 g/mol. The van der Waals surface area contributed by atoms with Gasteiger partial charge in [-0.3, -0.25) is 4.79 Å². The predicted molar refractivity (Wildman–Crippen MR) is 101 cm³/mol. The Morgan fingerprint density at radius 1 is 1.26 bits per heavy atom. The summed E-state index contributed by atoms with van der Waals surface area (Å²) in [6.07, 6.45) is 1.58. The van der Waals surface area contributed by atoms with Crippen LogP contribution in [0.3, 0.4) is 0 Å².